The molecular weight excluding hydrogens is 342 g/mol. The summed E-state index contributed by atoms with van der Waals surface area (Å²) < 4.78 is 0. The Morgan fingerprint density at radius 1 is 1.00 bits per heavy atom. The Bertz CT molecular complexity index is 909. The highest BCUT2D eigenvalue weighted by atomic mass is 16.2. The van der Waals surface area contributed by atoms with Crippen molar-refractivity contribution in [3.8, 4) is 0 Å². The molecule has 1 aliphatic heterocycles. The Morgan fingerprint density at radius 3 is 2.56 bits per heavy atom. The topological polar surface area (TPSA) is 78.5 Å². The molecule has 1 atom stereocenters. The fourth-order valence-electron chi connectivity index (χ4n) is 3.78. The van der Waals surface area contributed by atoms with Gasteiger partial charge in [-0.3, -0.25) is 19.8 Å². The van der Waals surface area contributed by atoms with E-state index in [0.717, 1.165) is 19.3 Å². The summed E-state index contributed by atoms with van der Waals surface area (Å²) in [5.74, 6) is -0.487. The molecule has 1 fully saturated rings. The Morgan fingerprint density at radius 2 is 1.74 bits per heavy atom. The lowest BCUT2D eigenvalue weighted by Crippen LogP contribution is -2.50. The average Bonchev–Trinajstić information content (AvgIpc) is 2.68. The molecule has 6 nitrogen and oxygen atoms in total. The Kier molecular flexibility index (Phi) is 4.62. The van der Waals surface area contributed by atoms with Crippen molar-refractivity contribution in [2.45, 2.75) is 31.7 Å². The van der Waals surface area contributed by atoms with Gasteiger partial charge in [-0.25, -0.2) is 4.79 Å². The molecule has 1 aliphatic carbocycles. The van der Waals surface area contributed by atoms with Crippen molar-refractivity contribution in [2.24, 2.45) is 0 Å². The van der Waals surface area contributed by atoms with Gasteiger partial charge in [0.05, 0.1) is 11.3 Å². The van der Waals surface area contributed by atoms with Gasteiger partial charge in [-0.1, -0.05) is 36.4 Å². The second kappa shape index (κ2) is 7.23. The van der Waals surface area contributed by atoms with E-state index in [1.807, 2.05) is 12.1 Å². The molecule has 4 rings (SSSR count). The Hall–Kier alpha value is -3.15. The molecule has 0 saturated carbocycles. The van der Waals surface area contributed by atoms with Crippen LogP contribution in [0.5, 0.6) is 0 Å². The largest absolute Gasteiger partial charge is 0.349 e. The zero-order valence-electron chi connectivity index (χ0n) is 14.9. The number of benzene rings is 2. The van der Waals surface area contributed by atoms with Crippen LogP contribution in [0, 0.1) is 0 Å². The molecule has 2 aromatic carbocycles. The number of hydrogen-bond donors (Lipinski definition) is 2. The van der Waals surface area contributed by atoms with E-state index < -0.39 is 6.03 Å². The zero-order chi connectivity index (χ0) is 18.8. The zero-order valence-corrected chi connectivity index (χ0v) is 14.9. The highest BCUT2D eigenvalue weighted by Crippen LogP contribution is 2.24. The van der Waals surface area contributed by atoms with Gasteiger partial charge in [0.15, 0.2) is 0 Å². The summed E-state index contributed by atoms with van der Waals surface area (Å²) in [5, 5.41) is 5.42. The molecule has 0 aromatic heterocycles. The fraction of sp³-hybridized carbons (Fsp3) is 0.286. The molecule has 2 aromatic rings. The van der Waals surface area contributed by atoms with E-state index in [1.54, 1.807) is 24.3 Å². The monoisotopic (exact) mass is 363 g/mol. The molecule has 0 spiro atoms. The lowest BCUT2D eigenvalue weighted by Gasteiger charge is -2.29. The maximum Gasteiger partial charge on any atom is 0.328 e. The van der Waals surface area contributed by atoms with E-state index in [2.05, 4.69) is 22.8 Å². The van der Waals surface area contributed by atoms with Crippen LogP contribution in [0.3, 0.4) is 0 Å². The molecule has 1 saturated heterocycles. The number of amides is 4. The highest BCUT2D eigenvalue weighted by Gasteiger charge is 2.28. The number of imide groups is 1. The lowest BCUT2D eigenvalue weighted by atomic mass is 9.88. The van der Waals surface area contributed by atoms with Crippen molar-refractivity contribution < 1.29 is 14.4 Å². The number of carbonyl (C=O) groups is 3. The van der Waals surface area contributed by atoms with Crippen LogP contribution in [0.25, 0.3) is 0 Å². The van der Waals surface area contributed by atoms with Gasteiger partial charge in [0, 0.05) is 19.0 Å². The number of nitrogens with one attached hydrogen (secondary N) is 2. The molecular formula is C21H21N3O3. The summed E-state index contributed by atoms with van der Waals surface area (Å²) in [7, 11) is 0. The number of rotatable bonds is 3. The maximum absolute atomic E-state index is 12.9. The highest BCUT2D eigenvalue weighted by molar-refractivity contribution is 6.09. The third kappa shape index (κ3) is 3.56. The van der Waals surface area contributed by atoms with Crippen molar-refractivity contribution in [3.05, 3.63) is 65.2 Å². The number of anilines is 1. The predicted molar refractivity (Wildman–Crippen MR) is 102 cm³/mol. The first-order chi connectivity index (χ1) is 13.1. The number of carbonyl (C=O) groups excluding carboxylic acids is 3. The maximum atomic E-state index is 12.9. The quantitative estimate of drug-likeness (QED) is 0.879. The van der Waals surface area contributed by atoms with Crippen LogP contribution in [0.4, 0.5) is 10.5 Å². The minimum Gasteiger partial charge on any atom is -0.349 e. The second-order valence-electron chi connectivity index (χ2n) is 6.95. The number of para-hydroxylation sites is 1. The van der Waals surface area contributed by atoms with Crippen LogP contribution in [0.2, 0.25) is 0 Å². The first-order valence-electron chi connectivity index (χ1n) is 9.20. The van der Waals surface area contributed by atoms with Crippen molar-refractivity contribution in [2.75, 3.05) is 11.4 Å². The molecule has 4 amide bonds. The smallest absolute Gasteiger partial charge is 0.328 e. The average molecular weight is 363 g/mol. The number of aryl methyl sites for hydroxylation is 1. The number of fused-ring (bicyclic) bond motifs is 1. The summed E-state index contributed by atoms with van der Waals surface area (Å²) in [6, 6.07) is 14.9. The van der Waals surface area contributed by atoms with Gasteiger partial charge in [0.2, 0.25) is 5.91 Å². The van der Waals surface area contributed by atoms with Gasteiger partial charge >= 0.3 is 6.03 Å². The molecule has 0 radical (unpaired) electrons. The van der Waals surface area contributed by atoms with Crippen molar-refractivity contribution in [1.82, 2.24) is 10.6 Å². The molecule has 27 heavy (non-hydrogen) atoms. The van der Waals surface area contributed by atoms with E-state index in [-0.39, 0.29) is 30.8 Å². The van der Waals surface area contributed by atoms with Crippen LogP contribution in [0.15, 0.2) is 48.5 Å². The molecule has 0 bridgehead atoms. The molecule has 2 N–H and O–H groups in total. The first-order valence-corrected chi connectivity index (χ1v) is 9.20. The number of hydrogen-bond acceptors (Lipinski definition) is 3. The minimum atomic E-state index is -0.488. The molecule has 2 aliphatic rings. The van der Waals surface area contributed by atoms with Crippen LogP contribution >= 0.6 is 0 Å². The number of nitrogens with zero attached hydrogens (tertiary/aromatic N) is 1. The van der Waals surface area contributed by atoms with Gasteiger partial charge in [0.25, 0.3) is 5.91 Å². The molecule has 1 heterocycles. The lowest BCUT2D eigenvalue weighted by molar-refractivity contribution is -0.120. The van der Waals surface area contributed by atoms with Gasteiger partial charge in [-0.05, 0) is 42.5 Å². The normalized spacial score (nSPS) is 19.3. The van der Waals surface area contributed by atoms with Crippen molar-refractivity contribution >= 4 is 23.5 Å². The Labute approximate surface area is 157 Å². The van der Waals surface area contributed by atoms with E-state index in [1.165, 1.54) is 16.0 Å². The first kappa shape index (κ1) is 17.3. The van der Waals surface area contributed by atoms with E-state index in [4.69, 9.17) is 0 Å². The summed E-state index contributed by atoms with van der Waals surface area (Å²) >= 11 is 0. The Balaban J connectivity index is 1.52. The van der Waals surface area contributed by atoms with E-state index >= 15 is 0 Å². The van der Waals surface area contributed by atoms with Gasteiger partial charge in [-0.2, -0.15) is 0 Å². The second-order valence-corrected chi connectivity index (χ2v) is 6.95. The van der Waals surface area contributed by atoms with Gasteiger partial charge in [-0.15, -0.1) is 0 Å². The van der Waals surface area contributed by atoms with Crippen LogP contribution in [0.1, 0.15) is 34.3 Å². The summed E-state index contributed by atoms with van der Waals surface area (Å²) in [6.45, 7) is 0.270. The van der Waals surface area contributed by atoms with Crippen LogP contribution in [-0.4, -0.2) is 30.4 Å². The SMILES string of the molecule is O=C1CCN(c2ccccc2C(=O)NC2CCc3ccccc3C2)C(=O)N1. The van der Waals surface area contributed by atoms with Gasteiger partial charge in [0.1, 0.15) is 0 Å². The third-order valence-electron chi connectivity index (χ3n) is 5.18. The number of urea groups is 1. The fourth-order valence-corrected chi connectivity index (χ4v) is 3.78. The summed E-state index contributed by atoms with van der Waals surface area (Å²) in [5.41, 5.74) is 3.59. The van der Waals surface area contributed by atoms with E-state index in [9.17, 15) is 14.4 Å². The van der Waals surface area contributed by atoms with Crippen molar-refractivity contribution in [3.63, 3.8) is 0 Å². The third-order valence-corrected chi connectivity index (χ3v) is 5.18. The summed E-state index contributed by atoms with van der Waals surface area (Å²) in [4.78, 5) is 37.9. The van der Waals surface area contributed by atoms with Crippen molar-refractivity contribution in [1.29, 1.82) is 0 Å². The standard InChI is InChI=1S/C21H21N3O3/c25-19-11-12-24(21(27)23-19)18-8-4-3-7-17(18)20(26)22-16-10-9-14-5-1-2-6-15(14)13-16/h1-8,16H,9-13H2,(H,22,26)(H,23,25,27). The van der Waals surface area contributed by atoms with Crippen LogP contribution in [-0.2, 0) is 17.6 Å². The predicted octanol–water partition coefficient (Wildman–Crippen LogP) is 2.42. The summed E-state index contributed by atoms with van der Waals surface area (Å²) in [6.07, 6.45) is 2.87. The molecule has 138 valence electrons. The van der Waals surface area contributed by atoms with Gasteiger partial charge < -0.3 is 5.32 Å². The molecule has 1 unspecified atom stereocenters. The molecule has 6 heteroatoms. The minimum absolute atomic E-state index is 0.0669. The van der Waals surface area contributed by atoms with E-state index in [0.29, 0.717) is 11.3 Å². The van der Waals surface area contributed by atoms with Crippen LogP contribution < -0.4 is 15.5 Å².